The Morgan fingerprint density at radius 3 is 1.83 bits per heavy atom. The van der Waals surface area contributed by atoms with Crippen LogP contribution in [-0.2, 0) is 0 Å². The van der Waals surface area contributed by atoms with Gasteiger partial charge in [-0.15, -0.1) is 0 Å². The Morgan fingerprint density at radius 2 is 1.29 bits per heavy atom. The standard InChI is InChI=1S/C34H33BF2N2Se2/c1-20-18-21(2)29(22(3)19-20)30(31-23(4)33(25(6)38-31)40-27-14-10-8-11-15-27)32-24(5)34(26(7)39(32)35(36)37)41-28-16-12-9-13-17-28/h8-19H,1-7H3/b31-30+. The van der Waals surface area contributed by atoms with Crippen LogP contribution >= 0.6 is 0 Å². The van der Waals surface area contributed by atoms with Gasteiger partial charge in [-0.3, -0.25) is 0 Å². The third-order valence-electron chi connectivity index (χ3n) is 7.45. The summed E-state index contributed by atoms with van der Waals surface area (Å²) in [7, 11) is -2.67. The van der Waals surface area contributed by atoms with Crippen LogP contribution in [0.1, 0.15) is 53.1 Å². The second-order valence-corrected chi connectivity index (χ2v) is 15.1. The van der Waals surface area contributed by atoms with Crippen molar-refractivity contribution in [2.45, 2.75) is 48.5 Å². The molecule has 0 fully saturated rings. The minimum absolute atomic E-state index is 0.0560. The predicted molar refractivity (Wildman–Crippen MR) is 173 cm³/mol. The summed E-state index contributed by atoms with van der Waals surface area (Å²) in [5, 5.41) is 0. The van der Waals surface area contributed by atoms with Crippen molar-refractivity contribution in [3.05, 3.63) is 128 Å². The molecule has 1 aliphatic rings. The summed E-state index contributed by atoms with van der Waals surface area (Å²) in [6.45, 7) is 14.3. The van der Waals surface area contributed by atoms with Crippen LogP contribution < -0.4 is 13.4 Å². The van der Waals surface area contributed by atoms with Crippen molar-refractivity contribution in [3.63, 3.8) is 0 Å². The Kier molecular flexibility index (Phi) is 8.73. The van der Waals surface area contributed by atoms with Gasteiger partial charge in [-0.25, -0.2) is 0 Å². The van der Waals surface area contributed by atoms with Crippen molar-refractivity contribution in [2.75, 3.05) is 0 Å². The normalized spacial score (nSPS) is 14.5. The first-order valence-electron chi connectivity index (χ1n) is 13.6. The average Bonchev–Trinajstić information content (AvgIpc) is 3.34. The molecular formula is C34H33BF2N2Se2. The summed E-state index contributed by atoms with van der Waals surface area (Å²) in [5.74, 6) is 0. The van der Waals surface area contributed by atoms with Crippen LogP contribution in [0.2, 0.25) is 0 Å². The van der Waals surface area contributed by atoms with Crippen molar-refractivity contribution >= 4 is 62.0 Å². The summed E-state index contributed by atoms with van der Waals surface area (Å²) in [5.41, 5.74) is 10.1. The van der Waals surface area contributed by atoms with Crippen molar-refractivity contribution in [2.24, 2.45) is 4.99 Å². The number of rotatable bonds is 7. The van der Waals surface area contributed by atoms with Gasteiger partial charge in [-0.1, -0.05) is 0 Å². The van der Waals surface area contributed by atoms with E-state index in [0.29, 0.717) is 11.4 Å². The maximum atomic E-state index is 15.1. The van der Waals surface area contributed by atoms with Gasteiger partial charge < -0.3 is 0 Å². The molecule has 7 heteroatoms. The van der Waals surface area contributed by atoms with Gasteiger partial charge in [0.1, 0.15) is 0 Å². The second-order valence-electron chi connectivity index (χ2n) is 10.5. The molecule has 2 heterocycles. The van der Waals surface area contributed by atoms with E-state index in [1.165, 1.54) is 17.9 Å². The summed E-state index contributed by atoms with van der Waals surface area (Å²) < 4.78 is 36.1. The summed E-state index contributed by atoms with van der Waals surface area (Å²) >= 11 is -0.0564. The van der Waals surface area contributed by atoms with Crippen LogP contribution in [0.15, 0.2) is 93.5 Å². The molecule has 0 saturated carbocycles. The Bertz CT molecular complexity index is 1700. The Morgan fingerprint density at radius 1 is 0.756 bits per heavy atom. The second kappa shape index (κ2) is 12.1. The van der Waals surface area contributed by atoms with Gasteiger partial charge in [0.2, 0.25) is 0 Å². The molecule has 5 rings (SSSR count). The molecule has 0 saturated heterocycles. The minimum atomic E-state index is -2.67. The molecule has 4 aromatic rings. The zero-order chi connectivity index (χ0) is 29.4. The molecule has 208 valence electrons. The molecule has 0 spiro atoms. The Labute approximate surface area is 255 Å². The maximum absolute atomic E-state index is 15.1. The summed E-state index contributed by atoms with van der Waals surface area (Å²) in [6, 6.07) is 24.9. The van der Waals surface area contributed by atoms with Gasteiger partial charge in [-0.2, -0.15) is 0 Å². The van der Waals surface area contributed by atoms with Gasteiger partial charge in [0, 0.05) is 0 Å². The topological polar surface area (TPSA) is 17.3 Å². The van der Waals surface area contributed by atoms with E-state index < -0.39 is 7.40 Å². The molecule has 0 radical (unpaired) electrons. The van der Waals surface area contributed by atoms with Crippen LogP contribution in [0.25, 0.3) is 5.57 Å². The molecule has 0 N–H and O–H groups in total. The van der Waals surface area contributed by atoms with E-state index in [1.807, 2.05) is 38.1 Å². The fourth-order valence-corrected chi connectivity index (χ4v) is 9.94. The number of nitrogens with zero attached hydrogens (tertiary/aromatic N) is 2. The molecule has 0 amide bonds. The van der Waals surface area contributed by atoms with E-state index in [4.69, 9.17) is 4.99 Å². The van der Waals surface area contributed by atoms with Crippen molar-refractivity contribution in [1.82, 2.24) is 4.48 Å². The molecule has 3 aromatic carbocycles. The number of aryl methyl sites for hydroxylation is 3. The number of aliphatic imine (C=N–C) groups is 1. The average molecular weight is 676 g/mol. The van der Waals surface area contributed by atoms with Crippen molar-refractivity contribution < 1.29 is 8.63 Å². The van der Waals surface area contributed by atoms with Gasteiger partial charge in [0.05, 0.1) is 0 Å². The number of halogens is 2. The first kappa shape index (κ1) is 29.5. The van der Waals surface area contributed by atoms with Gasteiger partial charge in [0.25, 0.3) is 0 Å². The van der Waals surface area contributed by atoms with Crippen LogP contribution in [0, 0.1) is 34.6 Å². The first-order chi connectivity index (χ1) is 19.6. The number of hydrogen-bond acceptors (Lipinski definition) is 1. The molecule has 0 atom stereocenters. The van der Waals surface area contributed by atoms with Crippen LogP contribution in [0.3, 0.4) is 0 Å². The molecule has 1 aromatic heterocycles. The SMILES string of the molecule is CC1=N/C(=C(\c2c(C)cc(C)cc2C)c2c(C)c([Se]c3ccccc3)c(C)n2B(F)F)C(C)=C1[Se]c1ccccc1. The van der Waals surface area contributed by atoms with E-state index in [-0.39, 0.29) is 29.9 Å². The van der Waals surface area contributed by atoms with Crippen molar-refractivity contribution in [1.29, 1.82) is 0 Å². The molecule has 0 aliphatic carbocycles. The third-order valence-corrected chi connectivity index (χ3v) is 13.0. The molecule has 0 bridgehead atoms. The fraction of sp³-hybridized carbons (Fsp3) is 0.206. The van der Waals surface area contributed by atoms with Gasteiger partial charge >= 0.3 is 256 Å². The molecule has 41 heavy (non-hydrogen) atoms. The van der Waals surface area contributed by atoms with Crippen LogP contribution in [0.5, 0.6) is 0 Å². The van der Waals surface area contributed by atoms with E-state index in [0.717, 1.165) is 54.8 Å². The quantitative estimate of drug-likeness (QED) is 0.214. The number of aromatic nitrogens is 1. The summed E-state index contributed by atoms with van der Waals surface area (Å²) in [4.78, 5) is 5.15. The van der Waals surface area contributed by atoms with E-state index >= 15 is 8.63 Å². The zero-order valence-electron chi connectivity index (χ0n) is 24.5. The molecule has 0 unspecified atom stereocenters. The number of allylic oxidation sites excluding steroid dienone is 2. The number of benzene rings is 3. The molecule has 2 nitrogen and oxygen atoms in total. The van der Waals surface area contributed by atoms with Crippen LogP contribution in [0.4, 0.5) is 8.63 Å². The predicted octanol–water partition coefficient (Wildman–Crippen LogP) is 5.99. The van der Waals surface area contributed by atoms with E-state index in [1.54, 1.807) is 0 Å². The third kappa shape index (κ3) is 5.74. The monoisotopic (exact) mass is 678 g/mol. The number of hydrogen-bond donors (Lipinski definition) is 0. The summed E-state index contributed by atoms with van der Waals surface area (Å²) in [6.07, 6.45) is 0. The van der Waals surface area contributed by atoms with E-state index in [2.05, 4.69) is 83.1 Å². The molecular weight excluding hydrogens is 643 g/mol. The van der Waals surface area contributed by atoms with Crippen molar-refractivity contribution in [3.8, 4) is 0 Å². The van der Waals surface area contributed by atoms with E-state index in [9.17, 15) is 0 Å². The fourth-order valence-electron chi connectivity index (χ4n) is 5.75. The first-order valence-corrected chi connectivity index (χ1v) is 17.1. The Hall–Kier alpha value is -2.95. The molecule has 1 aliphatic heterocycles. The zero-order valence-corrected chi connectivity index (χ0v) is 27.9. The Balaban J connectivity index is 1.83. The van der Waals surface area contributed by atoms with Gasteiger partial charge in [-0.05, 0) is 0 Å². The van der Waals surface area contributed by atoms with Crippen LogP contribution in [-0.4, -0.2) is 47.5 Å². The van der Waals surface area contributed by atoms with Gasteiger partial charge in [0.15, 0.2) is 0 Å².